The van der Waals surface area contributed by atoms with E-state index in [1.807, 2.05) is 32.0 Å². The third-order valence-electron chi connectivity index (χ3n) is 4.46. The van der Waals surface area contributed by atoms with Gasteiger partial charge in [0.15, 0.2) is 6.61 Å². The Kier molecular flexibility index (Phi) is 4.93. The summed E-state index contributed by atoms with van der Waals surface area (Å²) in [6.45, 7) is 3.70. The van der Waals surface area contributed by atoms with Gasteiger partial charge in [0.25, 0.3) is 5.91 Å². The van der Waals surface area contributed by atoms with Gasteiger partial charge >= 0.3 is 0 Å². The Labute approximate surface area is 151 Å². The minimum absolute atomic E-state index is 0.202. The number of hydrogen-bond acceptors (Lipinski definition) is 3. The second-order valence-electron chi connectivity index (χ2n) is 6.70. The molecule has 26 heavy (non-hydrogen) atoms. The first-order chi connectivity index (χ1) is 12.4. The quantitative estimate of drug-likeness (QED) is 0.810. The van der Waals surface area contributed by atoms with Crippen LogP contribution in [0, 0.1) is 19.7 Å². The molecule has 0 bridgehead atoms. The molecule has 1 saturated carbocycles. The van der Waals surface area contributed by atoms with Gasteiger partial charge in [-0.25, -0.2) is 4.39 Å². The number of nitrogens with one attached hydrogen (secondary N) is 2. The molecule has 2 amide bonds. The summed E-state index contributed by atoms with van der Waals surface area (Å²) in [4.78, 5) is 24.3. The molecule has 3 rings (SSSR count). The van der Waals surface area contributed by atoms with Crippen molar-refractivity contribution in [2.75, 3.05) is 6.61 Å². The van der Waals surface area contributed by atoms with Gasteiger partial charge in [0.1, 0.15) is 11.6 Å². The predicted molar refractivity (Wildman–Crippen MR) is 95.0 cm³/mol. The van der Waals surface area contributed by atoms with Crippen molar-refractivity contribution >= 4 is 11.8 Å². The van der Waals surface area contributed by atoms with Crippen LogP contribution in [0.1, 0.15) is 29.5 Å². The maximum absolute atomic E-state index is 13.1. The Morgan fingerprint density at radius 1 is 1.04 bits per heavy atom. The van der Waals surface area contributed by atoms with E-state index >= 15 is 0 Å². The van der Waals surface area contributed by atoms with Gasteiger partial charge in [-0.3, -0.25) is 20.4 Å². The van der Waals surface area contributed by atoms with Crippen LogP contribution >= 0.6 is 0 Å². The maximum atomic E-state index is 13.1. The summed E-state index contributed by atoms with van der Waals surface area (Å²) in [5, 5.41) is 0. The lowest BCUT2D eigenvalue weighted by molar-refractivity contribution is -0.131. The minimum Gasteiger partial charge on any atom is -0.484 e. The minimum atomic E-state index is -0.685. The molecular weight excluding hydrogens is 335 g/mol. The molecule has 2 aromatic carbocycles. The lowest BCUT2D eigenvalue weighted by atomic mass is 9.95. The second-order valence-corrected chi connectivity index (χ2v) is 6.70. The molecule has 0 unspecified atom stereocenters. The standard InChI is InChI=1S/C20H21FN2O3/c1-13-9-14(2)11-17(10-13)26-12-18(24)22-23-19(25)20(7-8-20)15-3-5-16(21)6-4-15/h3-6,9-11H,7-8,12H2,1-2H3,(H,22,24)(H,23,25). The van der Waals surface area contributed by atoms with E-state index in [-0.39, 0.29) is 18.3 Å². The Morgan fingerprint density at radius 2 is 1.65 bits per heavy atom. The lowest BCUT2D eigenvalue weighted by Gasteiger charge is -2.16. The summed E-state index contributed by atoms with van der Waals surface area (Å²) in [6.07, 6.45) is 1.33. The Balaban J connectivity index is 1.51. The zero-order valence-electron chi connectivity index (χ0n) is 14.8. The highest BCUT2D eigenvalue weighted by Crippen LogP contribution is 2.48. The van der Waals surface area contributed by atoms with Crippen molar-refractivity contribution < 1.29 is 18.7 Å². The molecule has 136 valence electrons. The van der Waals surface area contributed by atoms with E-state index in [0.717, 1.165) is 16.7 Å². The van der Waals surface area contributed by atoms with Crippen molar-refractivity contribution in [2.45, 2.75) is 32.1 Å². The van der Waals surface area contributed by atoms with Crippen LogP contribution in [-0.2, 0) is 15.0 Å². The molecular formula is C20H21FN2O3. The van der Waals surface area contributed by atoms with E-state index in [0.29, 0.717) is 18.6 Å². The summed E-state index contributed by atoms with van der Waals surface area (Å²) in [5.74, 6) is -0.493. The third kappa shape index (κ3) is 4.02. The average Bonchev–Trinajstić information content (AvgIpc) is 3.39. The molecule has 0 atom stereocenters. The zero-order chi connectivity index (χ0) is 18.7. The summed E-state index contributed by atoms with van der Waals surface area (Å²) in [7, 11) is 0. The van der Waals surface area contributed by atoms with Crippen LogP contribution in [0.3, 0.4) is 0 Å². The third-order valence-corrected chi connectivity index (χ3v) is 4.46. The summed E-state index contributed by atoms with van der Waals surface area (Å²) >= 11 is 0. The largest absolute Gasteiger partial charge is 0.484 e. The second kappa shape index (κ2) is 7.15. The highest BCUT2D eigenvalue weighted by Gasteiger charge is 2.51. The first kappa shape index (κ1) is 17.9. The van der Waals surface area contributed by atoms with Crippen molar-refractivity contribution in [3.05, 3.63) is 65.0 Å². The van der Waals surface area contributed by atoms with E-state index < -0.39 is 11.3 Å². The number of rotatable bonds is 5. The fourth-order valence-electron chi connectivity index (χ4n) is 2.99. The number of benzene rings is 2. The topological polar surface area (TPSA) is 67.4 Å². The number of ether oxygens (including phenoxy) is 1. The molecule has 0 spiro atoms. The van der Waals surface area contributed by atoms with Crippen molar-refractivity contribution in [2.24, 2.45) is 0 Å². The SMILES string of the molecule is Cc1cc(C)cc(OCC(=O)NNC(=O)C2(c3ccc(F)cc3)CC2)c1. The van der Waals surface area contributed by atoms with Crippen molar-refractivity contribution in [3.8, 4) is 5.75 Å². The molecule has 0 aromatic heterocycles. The van der Waals surface area contributed by atoms with Gasteiger partial charge in [-0.05, 0) is 67.6 Å². The monoisotopic (exact) mass is 356 g/mol. The highest BCUT2D eigenvalue weighted by molar-refractivity contribution is 5.92. The highest BCUT2D eigenvalue weighted by atomic mass is 19.1. The van der Waals surface area contributed by atoms with Gasteiger partial charge in [0.05, 0.1) is 5.41 Å². The molecule has 2 N–H and O–H groups in total. The van der Waals surface area contributed by atoms with E-state index in [1.54, 1.807) is 12.1 Å². The van der Waals surface area contributed by atoms with E-state index in [1.165, 1.54) is 12.1 Å². The molecule has 2 aromatic rings. The molecule has 0 radical (unpaired) electrons. The van der Waals surface area contributed by atoms with Crippen LogP contribution in [-0.4, -0.2) is 18.4 Å². The first-order valence-electron chi connectivity index (χ1n) is 8.45. The number of carbonyl (C=O) groups excluding carboxylic acids is 2. The first-order valence-corrected chi connectivity index (χ1v) is 8.45. The maximum Gasteiger partial charge on any atom is 0.276 e. The van der Waals surface area contributed by atoms with Crippen LogP contribution in [0.5, 0.6) is 5.75 Å². The molecule has 1 aliphatic carbocycles. The van der Waals surface area contributed by atoms with Crippen LogP contribution in [0.15, 0.2) is 42.5 Å². The van der Waals surface area contributed by atoms with Crippen LogP contribution in [0.4, 0.5) is 4.39 Å². The molecule has 1 fully saturated rings. The van der Waals surface area contributed by atoms with Gasteiger partial charge < -0.3 is 4.74 Å². The van der Waals surface area contributed by atoms with Gasteiger partial charge in [-0.2, -0.15) is 0 Å². The fourth-order valence-corrected chi connectivity index (χ4v) is 2.99. The van der Waals surface area contributed by atoms with E-state index in [2.05, 4.69) is 10.9 Å². The number of carbonyl (C=O) groups is 2. The summed E-state index contributed by atoms with van der Waals surface area (Å²) in [5.41, 5.74) is 6.97. The van der Waals surface area contributed by atoms with Crippen molar-refractivity contribution in [1.29, 1.82) is 0 Å². The molecule has 1 aliphatic rings. The van der Waals surface area contributed by atoms with Gasteiger partial charge in [0, 0.05) is 0 Å². The number of hydrazine groups is 1. The van der Waals surface area contributed by atoms with Gasteiger partial charge in [0.2, 0.25) is 5.91 Å². The van der Waals surface area contributed by atoms with Crippen molar-refractivity contribution in [3.63, 3.8) is 0 Å². The van der Waals surface area contributed by atoms with Gasteiger partial charge in [-0.15, -0.1) is 0 Å². The Morgan fingerprint density at radius 3 is 2.23 bits per heavy atom. The summed E-state index contributed by atoms with van der Waals surface area (Å²) < 4.78 is 18.5. The molecule has 0 aliphatic heterocycles. The fraction of sp³-hybridized carbons (Fsp3) is 0.300. The van der Waals surface area contributed by atoms with Gasteiger partial charge in [-0.1, -0.05) is 18.2 Å². The van der Waals surface area contributed by atoms with Crippen LogP contribution in [0.2, 0.25) is 0 Å². The normalized spacial score (nSPS) is 14.4. The number of hydrogen-bond donors (Lipinski definition) is 2. The summed E-state index contributed by atoms with van der Waals surface area (Å²) in [6, 6.07) is 11.6. The zero-order valence-corrected chi connectivity index (χ0v) is 14.8. The Hall–Kier alpha value is -2.89. The number of amides is 2. The Bertz CT molecular complexity index is 809. The smallest absolute Gasteiger partial charge is 0.276 e. The van der Waals surface area contributed by atoms with E-state index in [4.69, 9.17) is 4.74 Å². The average molecular weight is 356 g/mol. The van der Waals surface area contributed by atoms with Crippen LogP contribution in [0.25, 0.3) is 0 Å². The van der Waals surface area contributed by atoms with Crippen LogP contribution < -0.4 is 15.6 Å². The lowest BCUT2D eigenvalue weighted by Crippen LogP contribution is -2.48. The number of halogens is 1. The molecule has 5 nitrogen and oxygen atoms in total. The predicted octanol–water partition coefficient (Wildman–Crippen LogP) is 2.70. The molecule has 0 saturated heterocycles. The molecule has 0 heterocycles. The molecule has 6 heteroatoms. The van der Waals surface area contributed by atoms with Crippen molar-refractivity contribution in [1.82, 2.24) is 10.9 Å². The number of aryl methyl sites for hydroxylation is 2. The van der Waals surface area contributed by atoms with E-state index in [9.17, 15) is 14.0 Å².